The molecule has 2 fully saturated rings. The number of halogens is 1. The van der Waals surface area contributed by atoms with Crippen LogP contribution in [0.15, 0.2) is 0 Å². The van der Waals surface area contributed by atoms with Gasteiger partial charge in [0.05, 0.1) is 18.8 Å². The molecule has 0 aromatic carbocycles. The van der Waals surface area contributed by atoms with Crippen LogP contribution >= 0.6 is 11.6 Å². The van der Waals surface area contributed by atoms with Crippen LogP contribution in [0.2, 0.25) is 5.28 Å². The Balaban J connectivity index is 1.87. The van der Waals surface area contributed by atoms with E-state index < -0.39 is 0 Å². The Morgan fingerprint density at radius 1 is 1.37 bits per heavy atom. The Hall–Kier alpha value is -1.14. The Morgan fingerprint density at radius 3 is 3.11 bits per heavy atom. The number of ether oxygens (including phenoxy) is 1. The third-order valence-corrected chi connectivity index (χ3v) is 3.84. The minimum absolute atomic E-state index is 0.238. The predicted molar refractivity (Wildman–Crippen MR) is 73.7 cm³/mol. The number of nitrogens with zero attached hydrogens (tertiary/aromatic N) is 4. The summed E-state index contributed by atoms with van der Waals surface area (Å²) in [5.74, 6) is 1.20. The summed E-state index contributed by atoms with van der Waals surface area (Å²) in [6.45, 7) is 4.29. The molecule has 1 saturated carbocycles. The fourth-order valence-electron chi connectivity index (χ4n) is 2.88. The maximum Gasteiger partial charge on any atom is 0.231 e. The molecule has 1 aliphatic heterocycles. The molecule has 7 heteroatoms. The van der Waals surface area contributed by atoms with Crippen LogP contribution in [-0.2, 0) is 4.74 Å². The second kappa shape index (κ2) is 5.46. The lowest BCUT2D eigenvalue weighted by molar-refractivity contribution is 0.0250. The lowest BCUT2D eigenvalue weighted by Crippen LogP contribution is -2.49. The number of fused-ring (bicyclic) bond motifs is 1. The van der Waals surface area contributed by atoms with E-state index in [1.807, 2.05) is 6.92 Å². The van der Waals surface area contributed by atoms with E-state index in [-0.39, 0.29) is 5.28 Å². The zero-order chi connectivity index (χ0) is 13.2. The summed E-state index contributed by atoms with van der Waals surface area (Å²) in [5, 5.41) is 3.32. The first-order valence-corrected chi connectivity index (χ1v) is 7.19. The Morgan fingerprint density at radius 2 is 2.26 bits per heavy atom. The number of morpholine rings is 1. The number of anilines is 2. The molecule has 1 aromatic rings. The lowest BCUT2D eigenvalue weighted by Gasteiger charge is -2.37. The highest BCUT2D eigenvalue weighted by atomic mass is 35.5. The van der Waals surface area contributed by atoms with Crippen molar-refractivity contribution in [1.82, 2.24) is 15.0 Å². The first-order valence-electron chi connectivity index (χ1n) is 6.81. The fourth-order valence-corrected chi connectivity index (χ4v) is 3.03. The van der Waals surface area contributed by atoms with Gasteiger partial charge in [-0.2, -0.15) is 15.0 Å². The van der Waals surface area contributed by atoms with Crippen LogP contribution in [0.4, 0.5) is 11.9 Å². The normalized spacial score (nSPS) is 26.3. The first-order chi connectivity index (χ1) is 9.28. The summed E-state index contributed by atoms with van der Waals surface area (Å²) in [6.07, 6.45) is 3.77. The number of aromatic nitrogens is 3. The summed E-state index contributed by atoms with van der Waals surface area (Å²) < 4.78 is 5.80. The number of hydrogen-bond acceptors (Lipinski definition) is 6. The van der Waals surface area contributed by atoms with E-state index in [9.17, 15) is 0 Å². The van der Waals surface area contributed by atoms with Gasteiger partial charge in [0.2, 0.25) is 17.2 Å². The van der Waals surface area contributed by atoms with Gasteiger partial charge in [-0.3, -0.25) is 0 Å². The van der Waals surface area contributed by atoms with E-state index in [2.05, 4.69) is 25.2 Å². The van der Waals surface area contributed by atoms with Crippen LogP contribution in [0.1, 0.15) is 26.2 Å². The van der Waals surface area contributed by atoms with Gasteiger partial charge in [-0.05, 0) is 37.8 Å². The molecule has 19 heavy (non-hydrogen) atoms. The highest BCUT2D eigenvalue weighted by Crippen LogP contribution is 2.32. The summed E-state index contributed by atoms with van der Waals surface area (Å²) in [6, 6.07) is 0.377. The zero-order valence-electron chi connectivity index (χ0n) is 11.0. The molecule has 0 amide bonds. The molecule has 1 N–H and O–H groups in total. The number of rotatable bonds is 3. The van der Waals surface area contributed by atoms with E-state index >= 15 is 0 Å². The Bertz CT molecular complexity index is 458. The Labute approximate surface area is 117 Å². The van der Waals surface area contributed by atoms with E-state index in [1.54, 1.807) is 0 Å². The van der Waals surface area contributed by atoms with E-state index in [0.29, 0.717) is 24.0 Å². The average Bonchev–Trinajstić information content (AvgIpc) is 2.86. The molecule has 0 radical (unpaired) electrons. The monoisotopic (exact) mass is 283 g/mol. The van der Waals surface area contributed by atoms with E-state index in [0.717, 1.165) is 32.5 Å². The van der Waals surface area contributed by atoms with Crippen molar-refractivity contribution in [3.63, 3.8) is 0 Å². The van der Waals surface area contributed by atoms with Gasteiger partial charge in [0.25, 0.3) is 0 Å². The lowest BCUT2D eigenvalue weighted by atomic mass is 10.1. The third kappa shape index (κ3) is 2.60. The van der Waals surface area contributed by atoms with Crippen LogP contribution in [0.25, 0.3) is 0 Å². The molecule has 1 saturated heterocycles. The van der Waals surface area contributed by atoms with Crippen LogP contribution in [0, 0.1) is 0 Å². The molecule has 1 aromatic heterocycles. The summed E-state index contributed by atoms with van der Waals surface area (Å²) in [4.78, 5) is 15.0. The van der Waals surface area contributed by atoms with Crippen molar-refractivity contribution >= 4 is 23.5 Å². The van der Waals surface area contributed by atoms with Crippen molar-refractivity contribution in [2.75, 3.05) is 29.9 Å². The van der Waals surface area contributed by atoms with E-state index in [4.69, 9.17) is 16.3 Å². The topological polar surface area (TPSA) is 63.2 Å². The van der Waals surface area contributed by atoms with Gasteiger partial charge in [-0.1, -0.05) is 0 Å². The largest absolute Gasteiger partial charge is 0.374 e. The maximum absolute atomic E-state index is 5.99. The minimum atomic E-state index is 0.238. The van der Waals surface area contributed by atoms with Crippen molar-refractivity contribution in [1.29, 1.82) is 0 Å². The zero-order valence-corrected chi connectivity index (χ0v) is 11.7. The van der Waals surface area contributed by atoms with Crippen LogP contribution in [0.5, 0.6) is 0 Å². The molecular weight excluding hydrogens is 266 g/mol. The molecule has 1 aliphatic carbocycles. The molecule has 0 bridgehead atoms. The number of nitrogens with one attached hydrogen (secondary N) is 1. The quantitative estimate of drug-likeness (QED) is 0.911. The van der Waals surface area contributed by atoms with Gasteiger partial charge < -0.3 is 15.0 Å². The number of hydrogen-bond donors (Lipinski definition) is 1. The van der Waals surface area contributed by atoms with Gasteiger partial charge in [0.1, 0.15) is 0 Å². The van der Waals surface area contributed by atoms with E-state index in [1.165, 1.54) is 6.42 Å². The summed E-state index contributed by atoms with van der Waals surface area (Å²) in [5.41, 5.74) is 0. The third-order valence-electron chi connectivity index (χ3n) is 3.67. The fraction of sp³-hybridized carbons (Fsp3) is 0.750. The maximum atomic E-state index is 5.99. The van der Waals surface area contributed by atoms with Crippen LogP contribution in [0.3, 0.4) is 0 Å². The van der Waals surface area contributed by atoms with Crippen LogP contribution < -0.4 is 10.2 Å². The van der Waals surface area contributed by atoms with Gasteiger partial charge in [0.15, 0.2) is 0 Å². The van der Waals surface area contributed by atoms with Crippen molar-refractivity contribution < 1.29 is 4.74 Å². The highest BCUT2D eigenvalue weighted by Gasteiger charge is 2.37. The van der Waals surface area contributed by atoms with Crippen molar-refractivity contribution in [2.45, 2.75) is 38.3 Å². The minimum Gasteiger partial charge on any atom is -0.374 e. The summed E-state index contributed by atoms with van der Waals surface area (Å²) in [7, 11) is 0. The van der Waals surface area contributed by atoms with Gasteiger partial charge in [-0.25, -0.2) is 0 Å². The predicted octanol–water partition coefficient (Wildman–Crippen LogP) is 1.71. The SMILES string of the molecule is CCNc1nc(Cl)nc(N2CCOC3CCCC32)n1. The first kappa shape index (κ1) is 12.9. The average molecular weight is 284 g/mol. The molecule has 2 aliphatic rings. The standard InChI is InChI=1S/C12H18ClN5O/c1-2-14-11-15-10(13)16-12(17-11)18-6-7-19-9-5-3-4-8(9)18/h8-9H,2-7H2,1H3,(H,14,15,16,17). The van der Waals surface area contributed by atoms with Crippen molar-refractivity contribution in [3.05, 3.63) is 5.28 Å². The molecule has 6 nitrogen and oxygen atoms in total. The van der Waals surface area contributed by atoms with Gasteiger partial charge in [-0.15, -0.1) is 0 Å². The van der Waals surface area contributed by atoms with Crippen LogP contribution in [-0.4, -0.2) is 46.8 Å². The Kier molecular flexibility index (Phi) is 3.70. The highest BCUT2D eigenvalue weighted by molar-refractivity contribution is 6.28. The summed E-state index contributed by atoms with van der Waals surface area (Å²) >= 11 is 5.99. The molecule has 104 valence electrons. The molecule has 0 spiro atoms. The molecule has 2 atom stereocenters. The van der Waals surface area contributed by atoms with Gasteiger partial charge >= 0.3 is 0 Å². The molecule has 3 rings (SSSR count). The molecule has 2 heterocycles. The van der Waals surface area contributed by atoms with Crippen molar-refractivity contribution in [3.8, 4) is 0 Å². The second-order valence-corrected chi connectivity index (χ2v) is 5.20. The van der Waals surface area contributed by atoms with Gasteiger partial charge in [0, 0.05) is 13.1 Å². The molecular formula is C12H18ClN5O. The second-order valence-electron chi connectivity index (χ2n) is 4.86. The molecule has 2 unspecified atom stereocenters. The smallest absolute Gasteiger partial charge is 0.231 e. The van der Waals surface area contributed by atoms with Crippen molar-refractivity contribution in [2.24, 2.45) is 0 Å².